The van der Waals surface area contributed by atoms with Gasteiger partial charge in [0.15, 0.2) is 0 Å². The van der Waals surface area contributed by atoms with Gasteiger partial charge in [-0.1, -0.05) is 12.1 Å². The molecule has 0 radical (unpaired) electrons. The molecule has 0 unspecified atom stereocenters. The number of rotatable bonds is 7. The van der Waals surface area contributed by atoms with Crippen molar-refractivity contribution in [2.45, 2.75) is 19.6 Å². The van der Waals surface area contributed by atoms with Gasteiger partial charge < -0.3 is 5.11 Å². The van der Waals surface area contributed by atoms with E-state index in [1.807, 2.05) is 26.0 Å². The predicted octanol–water partition coefficient (Wildman–Crippen LogP) is 3.30. The zero-order chi connectivity index (χ0) is 19.1. The number of non-ortho nitro benzene ring substituents is 1. The maximum Gasteiger partial charge on any atom is 0.269 e. The minimum absolute atomic E-state index is 0.00212. The van der Waals surface area contributed by atoms with Crippen molar-refractivity contribution in [3.8, 4) is 5.75 Å². The van der Waals surface area contributed by atoms with Gasteiger partial charge >= 0.3 is 0 Å². The molecule has 0 fully saturated rings. The summed E-state index contributed by atoms with van der Waals surface area (Å²) in [5.74, 6) is 0.968. The molecule has 0 saturated heterocycles. The first-order valence-electron chi connectivity index (χ1n) is 7.80. The van der Waals surface area contributed by atoms with Crippen molar-refractivity contribution in [2.24, 2.45) is 5.10 Å². The van der Waals surface area contributed by atoms with E-state index in [2.05, 4.69) is 10.5 Å². The molecule has 2 rings (SSSR count). The molecule has 136 valence electrons. The van der Waals surface area contributed by atoms with Crippen LogP contribution >= 0.6 is 11.8 Å². The molecule has 0 aromatic heterocycles. The van der Waals surface area contributed by atoms with E-state index in [0.717, 1.165) is 16.7 Å². The van der Waals surface area contributed by atoms with E-state index in [4.69, 9.17) is 0 Å². The summed E-state index contributed by atoms with van der Waals surface area (Å²) >= 11 is 1.45. The summed E-state index contributed by atoms with van der Waals surface area (Å²) in [7, 11) is 0. The third kappa shape index (κ3) is 5.59. The first kappa shape index (κ1) is 19.5. The van der Waals surface area contributed by atoms with Crippen molar-refractivity contribution < 1.29 is 14.8 Å². The van der Waals surface area contributed by atoms with Gasteiger partial charge in [-0.3, -0.25) is 14.9 Å². The van der Waals surface area contributed by atoms with Gasteiger partial charge in [0.2, 0.25) is 5.91 Å². The number of aryl methyl sites for hydroxylation is 2. The Balaban J connectivity index is 1.77. The molecule has 0 aliphatic rings. The Kier molecular flexibility index (Phi) is 6.74. The molecule has 0 aliphatic carbocycles. The van der Waals surface area contributed by atoms with E-state index in [1.165, 1.54) is 30.1 Å². The first-order valence-corrected chi connectivity index (χ1v) is 8.95. The molecular weight excluding hydrogens is 354 g/mol. The van der Waals surface area contributed by atoms with Crippen LogP contribution in [0.25, 0.3) is 0 Å². The highest BCUT2D eigenvalue weighted by atomic mass is 32.2. The van der Waals surface area contributed by atoms with Crippen molar-refractivity contribution in [2.75, 3.05) is 5.75 Å². The Morgan fingerprint density at radius 2 is 1.88 bits per heavy atom. The fourth-order valence-electron chi connectivity index (χ4n) is 2.28. The first-order chi connectivity index (χ1) is 12.4. The third-order valence-electron chi connectivity index (χ3n) is 3.56. The van der Waals surface area contributed by atoms with Crippen LogP contribution in [0.15, 0.2) is 41.5 Å². The summed E-state index contributed by atoms with van der Waals surface area (Å²) in [5.41, 5.74) is 5.76. The number of nitrogens with zero attached hydrogens (tertiary/aromatic N) is 2. The Bertz CT molecular complexity index is 812. The molecule has 0 atom stereocenters. The number of hydrogen-bond acceptors (Lipinski definition) is 6. The summed E-state index contributed by atoms with van der Waals surface area (Å²) < 4.78 is 0. The highest BCUT2D eigenvalue weighted by Gasteiger charge is 2.06. The molecular formula is C18H19N3O4S. The van der Waals surface area contributed by atoms with Gasteiger partial charge in [0.25, 0.3) is 5.69 Å². The molecule has 2 N–H and O–H groups in total. The normalized spacial score (nSPS) is 10.8. The average molecular weight is 373 g/mol. The monoisotopic (exact) mass is 373 g/mol. The number of amides is 1. The number of nitro groups is 1. The average Bonchev–Trinajstić information content (AvgIpc) is 2.60. The molecule has 2 aromatic rings. The minimum atomic E-state index is -0.475. The van der Waals surface area contributed by atoms with E-state index in [-0.39, 0.29) is 17.3 Å². The summed E-state index contributed by atoms with van der Waals surface area (Å²) in [6.45, 7) is 3.69. The summed E-state index contributed by atoms with van der Waals surface area (Å²) in [4.78, 5) is 21.9. The number of nitro benzene ring substituents is 1. The molecule has 0 spiro atoms. The van der Waals surface area contributed by atoms with Crippen LogP contribution < -0.4 is 5.43 Å². The van der Waals surface area contributed by atoms with Crippen LogP contribution in [0.1, 0.15) is 22.3 Å². The van der Waals surface area contributed by atoms with Gasteiger partial charge in [-0.05, 0) is 48.2 Å². The maximum atomic E-state index is 11.8. The Morgan fingerprint density at radius 1 is 1.27 bits per heavy atom. The van der Waals surface area contributed by atoms with Crippen molar-refractivity contribution in [1.29, 1.82) is 0 Å². The van der Waals surface area contributed by atoms with Gasteiger partial charge in [-0.15, -0.1) is 11.8 Å². The van der Waals surface area contributed by atoms with Gasteiger partial charge in [0.1, 0.15) is 5.75 Å². The second kappa shape index (κ2) is 9.00. The number of carbonyl (C=O) groups excluding carboxylic acids is 1. The number of phenols is 1. The van der Waals surface area contributed by atoms with Gasteiger partial charge in [0, 0.05) is 17.9 Å². The van der Waals surface area contributed by atoms with Crippen molar-refractivity contribution in [3.05, 3.63) is 68.8 Å². The van der Waals surface area contributed by atoms with Gasteiger partial charge in [-0.25, -0.2) is 5.43 Å². The Morgan fingerprint density at radius 3 is 2.46 bits per heavy atom. The predicted molar refractivity (Wildman–Crippen MR) is 103 cm³/mol. The Labute approximate surface area is 155 Å². The minimum Gasteiger partial charge on any atom is -0.507 e. The number of carbonyl (C=O) groups is 1. The number of nitrogens with one attached hydrogen (secondary N) is 1. The fourth-order valence-corrected chi connectivity index (χ4v) is 3.04. The highest BCUT2D eigenvalue weighted by Crippen LogP contribution is 2.25. The molecule has 0 aliphatic heterocycles. The van der Waals surface area contributed by atoms with Crippen LogP contribution in [-0.4, -0.2) is 27.9 Å². The number of benzene rings is 2. The van der Waals surface area contributed by atoms with Crippen molar-refractivity contribution in [3.63, 3.8) is 0 Å². The maximum absolute atomic E-state index is 11.8. The number of phenolic OH excluding ortho intramolecular Hbond substituents is 1. The van der Waals surface area contributed by atoms with Crippen LogP contribution in [0.4, 0.5) is 5.69 Å². The van der Waals surface area contributed by atoms with Crippen LogP contribution in [0, 0.1) is 24.0 Å². The smallest absolute Gasteiger partial charge is 0.269 e. The summed E-state index contributed by atoms with van der Waals surface area (Å²) in [6, 6.07) is 9.66. The van der Waals surface area contributed by atoms with Crippen LogP contribution in [-0.2, 0) is 10.5 Å². The molecule has 0 saturated carbocycles. The molecule has 0 heterocycles. The third-order valence-corrected chi connectivity index (χ3v) is 4.56. The van der Waals surface area contributed by atoms with Crippen LogP contribution in [0.3, 0.4) is 0 Å². The van der Waals surface area contributed by atoms with E-state index >= 15 is 0 Å². The summed E-state index contributed by atoms with van der Waals surface area (Å²) in [5, 5.41) is 24.2. The quantitative estimate of drug-likeness (QED) is 0.440. The molecule has 26 heavy (non-hydrogen) atoms. The highest BCUT2D eigenvalue weighted by molar-refractivity contribution is 7.99. The second-order valence-electron chi connectivity index (χ2n) is 5.71. The summed E-state index contributed by atoms with van der Waals surface area (Å²) in [6.07, 6.45) is 1.43. The van der Waals surface area contributed by atoms with Crippen molar-refractivity contribution >= 4 is 29.6 Å². The van der Waals surface area contributed by atoms with Crippen LogP contribution in [0.2, 0.25) is 0 Å². The molecule has 8 heteroatoms. The van der Waals surface area contributed by atoms with E-state index in [1.54, 1.807) is 12.1 Å². The standard InChI is InChI=1S/C18H19N3O4S/c1-12-7-15(8-13(2)18(12)23)10-26-11-17(22)20-19-9-14-3-5-16(6-4-14)21(24)25/h3-9,23H,10-11H2,1-2H3,(H,20,22)/b19-9-. The number of hydrogen-bond donors (Lipinski definition) is 2. The molecule has 1 amide bonds. The second-order valence-corrected chi connectivity index (χ2v) is 6.70. The lowest BCUT2D eigenvalue weighted by atomic mass is 10.1. The Hall–Kier alpha value is -2.87. The zero-order valence-electron chi connectivity index (χ0n) is 14.4. The number of aromatic hydroxyl groups is 1. The van der Waals surface area contributed by atoms with Gasteiger partial charge in [-0.2, -0.15) is 5.10 Å². The van der Waals surface area contributed by atoms with E-state index < -0.39 is 4.92 Å². The van der Waals surface area contributed by atoms with Crippen molar-refractivity contribution in [1.82, 2.24) is 5.43 Å². The van der Waals surface area contributed by atoms with Gasteiger partial charge in [0.05, 0.1) is 16.9 Å². The fraction of sp³-hybridized carbons (Fsp3) is 0.222. The zero-order valence-corrected chi connectivity index (χ0v) is 15.2. The number of hydrazone groups is 1. The molecule has 7 nitrogen and oxygen atoms in total. The lowest BCUT2D eigenvalue weighted by molar-refractivity contribution is -0.384. The molecule has 2 aromatic carbocycles. The molecule has 0 bridgehead atoms. The largest absolute Gasteiger partial charge is 0.507 e. The number of thioether (sulfide) groups is 1. The lowest BCUT2D eigenvalue weighted by Crippen LogP contribution is -2.19. The van der Waals surface area contributed by atoms with E-state index in [0.29, 0.717) is 17.1 Å². The lowest BCUT2D eigenvalue weighted by Gasteiger charge is -2.07. The topological polar surface area (TPSA) is 105 Å². The SMILES string of the molecule is Cc1cc(CSCC(=O)N/N=C\c2ccc([N+](=O)[O-])cc2)cc(C)c1O. The van der Waals surface area contributed by atoms with E-state index in [9.17, 15) is 20.0 Å². The van der Waals surface area contributed by atoms with Crippen LogP contribution in [0.5, 0.6) is 5.75 Å².